The zero-order valence-electron chi connectivity index (χ0n) is 34.0. The van der Waals surface area contributed by atoms with E-state index in [9.17, 15) is 33.5 Å². The lowest BCUT2D eigenvalue weighted by Gasteiger charge is -2.35. The molecule has 0 radical (unpaired) electrons. The van der Waals surface area contributed by atoms with E-state index in [4.69, 9.17) is 5.73 Å². The summed E-state index contributed by atoms with van der Waals surface area (Å²) in [5.41, 5.74) is 11.1. The number of unbranched alkanes of at least 4 members (excludes halogenated alkanes) is 4. The number of anilines is 3. The number of thiazole rings is 1. The minimum Gasteiger partial charge on any atom is -0.397 e. The quantitative estimate of drug-likeness (QED) is 0.0508. The van der Waals surface area contributed by atoms with Crippen molar-refractivity contribution >= 4 is 57.9 Å². The first-order chi connectivity index (χ1) is 28.1. The molecule has 0 saturated carbocycles. The molecule has 1 aliphatic rings. The Morgan fingerprint density at radius 3 is 2.20 bits per heavy atom. The number of amides is 5. The number of benzene rings is 3. The second-order valence-corrected chi connectivity index (χ2v) is 16.9. The average Bonchev–Trinajstić information content (AvgIpc) is 3.81. The summed E-state index contributed by atoms with van der Waals surface area (Å²) in [4.78, 5) is 72.3. The number of nitrogens with zero attached hydrogens (tertiary/aromatic N) is 2. The molecule has 3 unspecified atom stereocenters. The van der Waals surface area contributed by atoms with E-state index in [1.54, 1.807) is 35.6 Å². The lowest BCUT2D eigenvalue weighted by molar-refractivity contribution is -0.144. The van der Waals surface area contributed by atoms with Crippen molar-refractivity contribution in [3.05, 3.63) is 94.9 Å². The molecule has 7 N–H and O–H groups in total. The Morgan fingerprint density at radius 2 is 1.58 bits per heavy atom. The Hall–Kier alpha value is -5.67. The van der Waals surface area contributed by atoms with Gasteiger partial charge in [-0.25, -0.2) is 9.37 Å². The minimum absolute atomic E-state index is 0.00158. The topological polar surface area (TPSA) is 196 Å². The molecule has 3 aromatic carbocycles. The molecular weight excluding hydrogens is 774 g/mol. The van der Waals surface area contributed by atoms with Gasteiger partial charge in [0.05, 0.1) is 33.6 Å². The van der Waals surface area contributed by atoms with Crippen LogP contribution in [0.25, 0.3) is 10.4 Å². The van der Waals surface area contributed by atoms with Crippen LogP contribution >= 0.6 is 11.3 Å². The molecule has 314 valence electrons. The molecule has 1 aliphatic heterocycles. The molecule has 0 aliphatic carbocycles. The molecule has 5 amide bonds. The zero-order valence-corrected chi connectivity index (χ0v) is 34.8. The van der Waals surface area contributed by atoms with Gasteiger partial charge in [-0.15, -0.1) is 11.3 Å². The molecule has 15 heteroatoms. The van der Waals surface area contributed by atoms with Gasteiger partial charge in [-0.2, -0.15) is 0 Å². The first-order valence-corrected chi connectivity index (χ1v) is 20.8. The van der Waals surface area contributed by atoms with Gasteiger partial charge >= 0.3 is 0 Å². The van der Waals surface area contributed by atoms with Crippen LogP contribution in [0, 0.1) is 18.2 Å². The van der Waals surface area contributed by atoms with Gasteiger partial charge < -0.3 is 37.0 Å². The lowest BCUT2D eigenvalue weighted by Crippen LogP contribution is -2.57. The van der Waals surface area contributed by atoms with E-state index in [-0.39, 0.29) is 49.3 Å². The van der Waals surface area contributed by atoms with E-state index in [0.29, 0.717) is 36.2 Å². The van der Waals surface area contributed by atoms with E-state index >= 15 is 0 Å². The van der Waals surface area contributed by atoms with Crippen molar-refractivity contribution in [3.63, 3.8) is 0 Å². The van der Waals surface area contributed by atoms with Gasteiger partial charge in [0.15, 0.2) is 0 Å². The van der Waals surface area contributed by atoms with Crippen molar-refractivity contribution in [2.45, 2.75) is 104 Å². The summed E-state index contributed by atoms with van der Waals surface area (Å²) in [5.74, 6) is -2.11. The van der Waals surface area contributed by atoms with Crippen LogP contribution in [-0.2, 0) is 25.7 Å². The monoisotopic (exact) mass is 827 g/mol. The Labute approximate surface area is 348 Å². The third-order valence-electron chi connectivity index (χ3n) is 10.2. The molecule has 0 spiro atoms. The van der Waals surface area contributed by atoms with Crippen LogP contribution in [0.3, 0.4) is 0 Å². The summed E-state index contributed by atoms with van der Waals surface area (Å²) >= 11 is 1.57. The summed E-state index contributed by atoms with van der Waals surface area (Å²) < 4.78 is 13.3. The molecule has 5 rings (SSSR count). The maximum absolute atomic E-state index is 13.9. The number of hydrogen-bond donors (Lipinski definition) is 6. The van der Waals surface area contributed by atoms with Crippen LogP contribution in [0.15, 0.2) is 72.2 Å². The van der Waals surface area contributed by atoms with Crippen molar-refractivity contribution in [1.82, 2.24) is 20.5 Å². The number of likely N-dealkylation sites (tertiary alicyclic amines) is 1. The van der Waals surface area contributed by atoms with Gasteiger partial charge in [0.25, 0.3) is 5.91 Å². The van der Waals surface area contributed by atoms with Crippen molar-refractivity contribution < 1.29 is 33.5 Å². The lowest BCUT2D eigenvalue weighted by atomic mass is 9.85. The van der Waals surface area contributed by atoms with Crippen molar-refractivity contribution in [2.75, 3.05) is 22.9 Å². The number of aliphatic hydroxyl groups excluding tert-OH is 1. The highest BCUT2D eigenvalue weighted by Crippen LogP contribution is 2.29. The number of nitrogens with one attached hydrogen (secondary N) is 4. The molecule has 59 heavy (non-hydrogen) atoms. The molecule has 1 aromatic heterocycles. The standard InChI is InChI=1S/C44H54FN7O6S/c1-27-39(59-26-48-27)29-14-12-28(13-15-29)24-47-42(57)36-23-33(53)25-52(36)43(58)40(44(2,3)4)51-38(55)11-9-7-5-6-8-10-37(54)49-32-19-16-30(17-20-32)41(56)50-35-21-18-31(45)22-34(35)46/h12-22,26,33,36,40,53H,5-11,23-25,46H2,1-4H3,(H,47,57)(H,49,54)(H,50,56)(H,51,55). The first kappa shape index (κ1) is 44.4. The number of aryl methyl sites for hydroxylation is 1. The molecule has 1 saturated heterocycles. The molecule has 4 aromatic rings. The summed E-state index contributed by atoms with van der Waals surface area (Å²) in [7, 11) is 0. The van der Waals surface area contributed by atoms with Gasteiger partial charge in [0, 0.05) is 43.6 Å². The van der Waals surface area contributed by atoms with Gasteiger partial charge in [-0.05, 0) is 78.8 Å². The van der Waals surface area contributed by atoms with Crippen LogP contribution in [0.4, 0.5) is 21.5 Å². The number of carbonyl (C=O) groups is 5. The molecule has 2 heterocycles. The third-order valence-corrected chi connectivity index (χ3v) is 11.2. The largest absolute Gasteiger partial charge is 0.397 e. The maximum atomic E-state index is 13.9. The maximum Gasteiger partial charge on any atom is 0.255 e. The Morgan fingerprint density at radius 1 is 0.915 bits per heavy atom. The SMILES string of the molecule is Cc1ncsc1-c1ccc(CNC(=O)C2CC(O)CN2C(=O)C(NC(=O)CCCCCCCC(=O)Nc2ccc(C(=O)Nc3ccc(F)cc3N)cc2)C(C)(C)C)cc1. The van der Waals surface area contributed by atoms with Gasteiger partial charge in [0.1, 0.15) is 17.9 Å². The average molecular weight is 828 g/mol. The predicted octanol–water partition coefficient (Wildman–Crippen LogP) is 6.57. The first-order valence-electron chi connectivity index (χ1n) is 19.9. The number of carbonyl (C=O) groups excluding carboxylic acids is 5. The van der Waals surface area contributed by atoms with Crippen LogP contribution in [-0.4, -0.2) is 69.3 Å². The van der Waals surface area contributed by atoms with Crippen LogP contribution in [0.2, 0.25) is 0 Å². The highest BCUT2D eigenvalue weighted by atomic mass is 32.1. The minimum atomic E-state index is -0.897. The number of β-amino-alcohol motifs (C(OH)–C–C–N with tert-alkyl or cyclic N) is 1. The fourth-order valence-corrected chi connectivity index (χ4v) is 7.70. The highest BCUT2D eigenvalue weighted by Gasteiger charge is 2.44. The van der Waals surface area contributed by atoms with Gasteiger partial charge in [0.2, 0.25) is 23.6 Å². The van der Waals surface area contributed by atoms with Crippen molar-refractivity contribution in [1.29, 1.82) is 0 Å². The third kappa shape index (κ3) is 12.7. The number of nitrogen functional groups attached to an aromatic ring is 1. The van der Waals surface area contributed by atoms with Crippen molar-refractivity contribution in [3.8, 4) is 10.4 Å². The molecule has 1 fully saturated rings. The Balaban J connectivity index is 0.999. The fraction of sp³-hybridized carbons (Fsp3) is 0.409. The Bertz CT molecular complexity index is 2100. The van der Waals surface area contributed by atoms with Crippen LogP contribution < -0.4 is 27.0 Å². The van der Waals surface area contributed by atoms with Crippen LogP contribution in [0.5, 0.6) is 0 Å². The summed E-state index contributed by atoms with van der Waals surface area (Å²) in [5, 5.41) is 21.8. The Kier molecular flexibility index (Phi) is 15.3. The smallest absolute Gasteiger partial charge is 0.255 e. The molecular formula is C44H54FN7O6S. The van der Waals surface area contributed by atoms with Crippen LogP contribution in [0.1, 0.15) is 93.8 Å². The normalized spacial score (nSPS) is 15.7. The van der Waals surface area contributed by atoms with Gasteiger partial charge in [-0.1, -0.05) is 64.3 Å². The molecule has 13 nitrogen and oxygen atoms in total. The van der Waals surface area contributed by atoms with E-state index < -0.39 is 41.2 Å². The zero-order chi connectivity index (χ0) is 42.7. The summed E-state index contributed by atoms with van der Waals surface area (Å²) in [6, 6.07) is 16.2. The number of halogens is 1. The number of nitrogens with two attached hydrogens (primary N) is 1. The molecule has 3 atom stereocenters. The molecule has 0 bridgehead atoms. The highest BCUT2D eigenvalue weighted by molar-refractivity contribution is 7.13. The number of hydrogen-bond acceptors (Lipinski definition) is 9. The summed E-state index contributed by atoms with van der Waals surface area (Å²) in [6.07, 6.45) is 3.44. The van der Waals surface area contributed by atoms with E-state index in [1.807, 2.05) is 57.5 Å². The second kappa shape index (κ2) is 20.3. The predicted molar refractivity (Wildman–Crippen MR) is 228 cm³/mol. The van der Waals surface area contributed by atoms with Gasteiger partial charge in [-0.3, -0.25) is 24.0 Å². The number of aliphatic hydroxyl groups is 1. The number of rotatable bonds is 17. The van der Waals surface area contributed by atoms with E-state index in [1.165, 1.54) is 17.0 Å². The summed E-state index contributed by atoms with van der Waals surface area (Å²) in [6.45, 7) is 7.79. The van der Waals surface area contributed by atoms with E-state index in [2.05, 4.69) is 26.3 Å². The number of aromatic nitrogens is 1. The van der Waals surface area contributed by atoms with Crippen molar-refractivity contribution in [2.24, 2.45) is 5.41 Å². The fourth-order valence-electron chi connectivity index (χ4n) is 6.89. The second-order valence-electron chi connectivity index (χ2n) is 16.0. The van der Waals surface area contributed by atoms with E-state index in [0.717, 1.165) is 47.0 Å².